The number of imide groups is 1. The van der Waals surface area contributed by atoms with Gasteiger partial charge in [-0.2, -0.15) is 4.98 Å². The lowest BCUT2D eigenvalue weighted by Gasteiger charge is -2.13. The van der Waals surface area contributed by atoms with E-state index in [4.69, 9.17) is 4.52 Å². The number of aromatic nitrogens is 2. The van der Waals surface area contributed by atoms with Crippen molar-refractivity contribution in [3.05, 3.63) is 41.5 Å². The zero-order chi connectivity index (χ0) is 18.5. The molecule has 1 aromatic heterocycles. The highest BCUT2D eigenvalue weighted by Gasteiger charge is 2.28. The summed E-state index contributed by atoms with van der Waals surface area (Å²) < 4.78 is 4.87. The topological polar surface area (TPSA) is 117 Å². The van der Waals surface area contributed by atoms with Crippen LogP contribution in [0, 0.1) is 6.92 Å². The van der Waals surface area contributed by atoms with Crippen molar-refractivity contribution in [3.63, 3.8) is 0 Å². The first-order chi connectivity index (χ1) is 12.5. The molecular weight excluding hydrogens is 358 g/mol. The molecule has 0 saturated carbocycles. The maximum Gasteiger partial charge on any atom is 0.324 e. The molecule has 0 bridgehead atoms. The van der Waals surface area contributed by atoms with E-state index in [2.05, 4.69) is 20.8 Å². The summed E-state index contributed by atoms with van der Waals surface area (Å²) in [6.07, 6.45) is 0. The zero-order valence-corrected chi connectivity index (χ0v) is 14.8. The van der Waals surface area contributed by atoms with Crippen LogP contribution < -0.4 is 10.6 Å². The highest BCUT2D eigenvalue weighted by atomic mass is 32.2. The third kappa shape index (κ3) is 4.60. The third-order valence-corrected chi connectivity index (χ3v) is 4.45. The van der Waals surface area contributed by atoms with Crippen LogP contribution in [-0.2, 0) is 21.9 Å². The average Bonchev–Trinajstić information content (AvgIpc) is 3.15. The molecular formula is C16H17N5O4S. The number of carbonyl (C=O) groups is 3. The molecule has 26 heavy (non-hydrogen) atoms. The monoisotopic (exact) mass is 375 g/mol. The minimum atomic E-state index is -0.405. The number of rotatable bonds is 7. The summed E-state index contributed by atoms with van der Waals surface area (Å²) in [6, 6.07) is 6.64. The van der Waals surface area contributed by atoms with Gasteiger partial charge in [-0.1, -0.05) is 17.3 Å². The Labute approximate surface area is 153 Å². The van der Waals surface area contributed by atoms with Gasteiger partial charge >= 0.3 is 6.03 Å². The lowest BCUT2D eigenvalue weighted by Crippen LogP contribution is -2.30. The Morgan fingerprint density at radius 1 is 1.42 bits per heavy atom. The number of hydrogen-bond acceptors (Lipinski definition) is 7. The number of carbonyl (C=O) groups excluding carboxylic acids is 3. The number of hydrogen-bond donors (Lipinski definition) is 2. The summed E-state index contributed by atoms with van der Waals surface area (Å²) in [4.78, 5) is 40.5. The molecule has 0 atom stereocenters. The molecule has 136 valence electrons. The smallest absolute Gasteiger partial charge is 0.324 e. The Balaban J connectivity index is 1.50. The second kappa shape index (κ2) is 8.00. The first-order valence-electron chi connectivity index (χ1n) is 7.85. The fourth-order valence-electron chi connectivity index (χ4n) is 2.38. The highest BCUT2D eigenvalue weighted by Crippen LogP contribution is 2.15. The van der Waals surface area contributed by atoms with Crippen molar-refractivity contribution in [3.8, 4) is 0 Å². The Morgan fingerprint density at radius 2 is 2.27 bits per heavy atom. The number of nitrogens with one attached hydrogen (secondary N) is 2. The molecule has 2 heterocycles. The fraction of sp³-hybridized carbons (Fsp3) is 0.312. The Hall–Kier alpha value is -2.88. The predicted octanol–water partition coefficient (Wildman–Crippen LogP) is 1.30. The molecule has 1 aliphatic rings. The van der Waals surface area contributed by atoms with Gasteiger partial charge in [0.05, 0.1) is 24.6 Å². The molecule has 2 aromatic rings. The van der Waals surface area contributed by atoms with E-state index in [-0.39, 0.29) is 30.7 Å². The zero-order valence-electron chi connectivity index (χ0n) is 14.0. The number of thioether (sulfide) groups is 1. The molecule has 0 aliphatic carbocycles. The van der Waals surface area contributed by atoms with Crippen molar-refractivity contribution >= 4 is 35.3 Å². The molecule has 10 heteroatoms. The normalized spacial score (nSPS) is 13.8. The average molecular weight is 375 g/mol. The quantitative estimate of drug-likeness (QED) is 0.701. The Bertz CT molecular complexity index is 822. The summed E-state index contributed by atoms with van der Waals surface area (Å²) in [5, 5.41) is 9.03. The van der Waals surface area contributed by atoms with Crippen LogP contribution in [0.1, 0.15) is 17.3 Å². The molecule has 9 nitrogen and oxygen atoms in total. The molecule has 0 unspecified atom stereocenters. The van der Waals surface area contributed by atoms with E-state index in [1.54, 1.807) is 31.2 Å². The van der Waals surface area contributed by atoms with Gasteiger partial charge in [-0.15, -0.1) is 11.8 Å². The lowest BCUT2D eigenvalue weighted by molar-refractivity contribution is -0.125. The number of amides is 4. The number of nitrogens with zero attached hydrogens (tertiary/aromatic N) is 3. The molecule has 1 aromatic carbocycles. The van der Waals surface area contributed by atoms with Gasteiger partial charge in [-0.3, -0.25) is 14.5 Å². The van der Waals surface area contributed by atoms with Crippen LogP contribution in [0.4, 0.5) is 10.5 Å². The predicted molar refractivity (Wildman–Crippen MR) is 94.2 cm³/mol. The van der Waals surface area contributed by atoms with E-state index < -0.39 is 6.03 Å². The molecule has 3 rings (SSSR count). The first-order valence-corrected chi connectivity index (χ1v) is 9.00. The van der Waals surface area contributed by atoms with Crippen LogP contribution in [0.25, 0.3) is 0 Å². The van der Waals surface area contributed by atoms with Gasteiger partial charge in [0.1, 0.15) is 0 Å². The van der Waals surface area contributed by atoms with Gasteiger partial charge in [0.2, 0.25) is 17.7 Å². The minimum Gasteiger partial charge on any atom is -0.340 e. The maximum atomic E-state index is 12.0. The van der Waals surface area contributed by atoms with Gasteiger partial charge in [0.15, 0.2) is 5.82 Å². The Morgan fingerprint density at radius 3 is 2.96 bits per heavy atom. The van der Waals surface area contributed by atoms with Gasteiger partial charge in [0, 0.05) is 12.6 Å². The maximum absolute atomic E-state index is 12.0. The molecule has 1 saturated heterocycles. The third-order valence-electron chi connectivity index (χ3n) is 3.52. The molecule has 2 N–H and O–H groups in total. The van der Waals surface area contributed by atoms with Crippen LogP contribution in [0.15, 0.2) is 28.8 Å². The summed E-state index contributed by atoms with van der Waals surface area (Å²) >= 11 is 1.38. The second-order valence-electron chi connectivity index (χ2n) is 5.61. The van der Waals surface area contributed by atoms with Crippen LogP contribution >= 0.6 is 11.8 Å². The van der Waals surface area contributed by atoms with E-state index >= 15 is 0 Å². The number of anilines is 1. The summed E-state index contributed by atoms with van der Waals surface area (Å²) in [5.74, 6) is 1.34. The van der Waals surface area contributed by atoms with Crippen LogP contribution in [0.2, 0.25) is 0 Å². The fourth-order valence-corrected chi connectivity index (χ4v) is 3.04. The van der Waals surface area contributed by atoms with Crippen LogP contribution in [0.5, 0.6) is 0 Å². The SMILES string of the molecule is Cc1nc(CSCC(=O)Nc2cccc(CN3C(=O)CNC3=O)c2)no1. The van der Waals surface area contributed by atoms with Crippen molar-refractivity contribution < 1.29 is 18.9 Å². The number of aryl methyl sites for hydroxylation is 1. The standard InChI is InChI=1S/C16H17N5O4S/c1-10-18-13(20-25-10)8-26-9-14(22)19-12-4-2-3-11(5-12)7-21-15(23)6-17-16(21)24/h2-5H,6-9H2,1H3,(H,17,24)(H,19,22). The molecule has 0 spiro atoms. The van der Waals surface area contributed by atoms with Crippen molar-refractivity contribution in [2.75, 3.05) is 17.6 Å². The second-order valence-corrected chi connectivity index (χ2v) is 6.60. The van der Waals surface area contributed by atoms with Gasteiger partial charge in [-0.05, 0) is 17.7 Å². The van der Waals surface area contributed by atoms with Crippen molar-refractivity contribution in [1.29, 1.82) is 0 Å². The van der Waals surface area contributed by atoms with Crippen LogP contribution in [0.3, 0.4) is 0 Å². The molecule has 4 amide bonds. The van der Waals surface area contributed by atoms with Gasteiger partial charge in [0.25, 0.3) is 0 Å². The van der Waals surface area contributed by atoms with E-state index in [9.17, 15) is 14.4 Å². The summed E-state index contributed by atoms with van der Waals surface area (Å²) in [5.41, 5.74) is 1.36. The largest absolute Gasteiger partial charge is 0.340 e. The minimum absolute atomic E-state index is 0.0202. The number of urea groups is 1. The van der Waals surface area contributed by atoms with Crippen molar-refractivity contribution in [2.45, 2.75) is 19.2 Å². The van der Waals surface area contributed by atoms with E-state index in [1.807, 2.05) is 0 Å². The number of benzene rings is 1. The van der Waals surface area contributed by atoms with Crippen molar-refractivity contribution in [1.82, 2.24) is 20.4 Å². The van der Waals surface area contributed by atoms with Crippen molar-refractivity contribution in [2.24, 2.45) is 0 Å². The van der Waals surface area contributed by atoms with Gasteiger partial charge < -0.3 is 15.2 Å². The van der Waals surface area contributed by atoms with E-state index in [0.717, 1.165) is 10.5 Å². The first kappa shape index (κ1) is 17.9. The van der Waals surface area contributed by atoms with E-state index in [0.29, 0.717) is 23.2 Å². The van der Waals surface area contributed by atoms with Crippen LogP contribution in [-0.4, -0.2) is 45.2 Å². The molecule has 1 fully saturated rings. The molecule has 0 radical (unpaired) electrons. The molecule has 1 aliphatic heterocycles. The summed E-state index contributed by atoms with van der Waals surface area (Å²) in [7, 11) is 0. The van der Waals surface area contributed by atoms with Gasteiger partial charge in [-0.25, -0.2) is 4.79 Å². The summed E-state index contributed by atoms with van der Waals surface area (Å²) in [6.45, 7) is 1.90. The highest BCUT2D eigenvalue weighted by molar-refractivity contribution is 7.99. The lowest BCUT2D eigenvalue weighted by atomic mass is 10.2. The van der Waals surface area contributed by atoms with E-state index in [1.165, 1.54) is 11.8 Å². The Kier molecular flexibility index (Phi) is 5.52.